The van der Waals surface area contributed by atoms with E-state index in [0.717, 1.165) is 26.1 Å². The average Bonchev–Trinajstić information content (AvgIpc) is 2.25. The third kappa shape index (κ3) is 2.84. The minimum Gasteiger partial charge on any atom is -0.314 e. The highest BCUT2D eigenvalue weighted by Crippen LogP contribution is 2.21. The summed E-state index contributed by atoms with van der Waals surface area (Å²) >= 11 is 3.65. The van der Waals surface area contributed by atoms with Gasteiger partial charge in [0.1, 0.15) is 0 Å². The van der Waals surface area contributed by atoms with Gasteiger partial charge < -0.3 is 10.2 Å². The van der Waals surface area contributed by atoms with Crippen molar-refractivity contribution in [1.82, 2.24) is 10.2 Å². The summed E-state index contributed by atoms with van der Waals surface area (Å²) < 4.78 is 1.24. The Bertz CT molecular complexity index is 365. The van der Waals surface area contributed by atoms with Crippen molar-refractivity contribution in [3.63, 3.8) is 0 Å². The first-order chi connectivity index (χ1) is 7.66. The van der Waals surface area contributed by atoms with Crippen molar-refractivity contribution in [3.05, 3.63) is 33.8 Å². The summed E-state index contributed by atoms with van der Waals surface area (Å²) in [6.07, 6.45) is 1.12. The zero-order valence-electron chi connectivity index (χ0n) is 9.96. The van der Waals surface area contributed by atoms with Gasteiger partial charge in [0.15, 0.2) is 0 Å². The molecule has 1 N–H and O–H groups in total. The summed E-state index contributed by atoms with van der Waals surface area (Å²) in [5.41, 5.74) is 2.72. The van der Waals surface area contributed by atoms with Crippen LogP contribution in [-0.2, 0) is 6.42 Å². The van der Waals surface area contributed by atoms with Gasteiger partial charge in [0.2, 0.25) is 0 Å². The summed E-state index contributed by atoms with van der Waals surface area (Å²) in [6.45, 7) is 5.48. The van der Waals surface area contributed by atoms with E-state index in [-0.39, 0.29) is 0 Å². The van der Waals surface area contributed by atoms with E-state index in [1.165, 1.54) is 15.6 Å². The number of halogens is 1. The smallest absolute Gasteiger partial charge is 0.0258 e. The lowest BCUT2D eigenvalue weighted by molar-refractivity contribution is 0.199. The van der Waals surface area contributed by atoms with E-state index < -0.39 is 0 Å². The minimum absolute atomic E-state index is 0.618. The number of piperazine rings is 1. The molecule has 2 rings (SSSR count). The number of likely N-dealkylation sites (N-methyl/N-ethyl adjacent to an activating group) is 1. The van der Waals surface area contributed by atoms with E-state index in [1.807, 2.05) is 0 Å². The normalized spacial score (nSPS) is 22.3. The Morgan fingerprint density at radius 3 is 3.00 bits per heavy atom. The molecule has 16 heavy (non-hydrogen) atoms. The van der Waals surface area contributed by atoms with Gasteiger partial charge in [0.05, 0.1) is 0 Å². The fraction of sp³-hybridized carbons (Fsp3) is 0.538. The lowest BCUT2D eigenvalue weighted by Gasteiger charge is -2.33. The van der Waals surface area contributed by atoms with Gasteiger partial charge >= 0.3 is 0 Å². The van der Waals surface area contributed by atoms with Crippen molar-refractivity contribution >= 4 is 15.9 Å². The summed E-state index contributed by atoms with van der Waals surface area (Å²) in [4.78, 5) is 2.45. The molecular formula is C13H19BrN2. The molecule has 1 heterocycles. The monoisotopic (exact) mass is 282 g/mol. The van der Waals surface area contributed by atoms with Crippen molar-refractivity contribution in [2.24, 2.45) is 0 Å². The molecular weight excluding hydrogens is 264 g/mol. The zero-order valence-corrected chi connectivity index (χ0v) is 11.5. The van der Waals surface area contributed by atoms with E-state index in [1.54, 1.807) is 0 Å². The van der Waals surface area contributed by atoms with Gasteiger partial charge in [0.25, 0.3) is 0 Å². The second-order valence-electron chi connectivity index (χ2n) is 4.64. The van der Waals surface area contributed by atoms with Crippen LogP contribution in [0.5, 0.6) is 0 Å². The molecule has 1 aromatic carbocycles. The summed E-state index contributed by atoms with van der Waals surface area (Å²) in [5, 5.41) is 3.46. The number of hydrogen-bond donors (Lipinski definition) is 1. The van der Waals surface area contributed by atoms with Crippen LogP contribution in [0.2, 0.25) is 0 Å². The van der Waals surface area contributed by atoms with Gasteiger partial charge in [-0.3, -0.25) is 0 Å². The van der Waals surface area contributed by atoms with Crippen molar-refractivity contribution in [1.29, 1.82) is 0 Å². The lowest BCUT2D eigenvalue weighted by Crippen LogP contribution is -2.50. The second-order valence-corrected chi connectivity index (χ2v) is 5.49. The van der Waals surface area contributed by atoms with Gasteiger partial charge in [-0.15, -0.1) is 0 Å². The van der Waals surface area contributed by atoms with Crippen molar-refractivity contribution in [2.75, 3.05) is 26.7 Å². The molecule has 0 saturated carbocycles. The largest absolute Gasteiger partial charge is 0.314 e. The van der Waals surface area contributed by atoms with E-state index in [0.29, 0.717) is 6.04 Å². The molecule has 1 aliphatic rings. The maximum Gasteiger partial charge on any atom is 0.0258 e. The molecule has 0 spiro atoms. The molecule has 0 bridgehead atoms. The second kappa shape index (κ2) is 5.30. The first kappa shape index (κ1) is 12.1. The van der Waals surface area contributed by atoms with Crippen LogP contribution < -0.4 is 5.32 Å². The number of nitrogens with zero attached hydrogens (tertiary/aromatic N) is 1. The predicted octanol–water partition coefficient (Wildman–Crippen LogP) is 2.20. The van der Waals surface area contributed by atoms with Crippen LogP contribution in [0, 0.1) is 6.92 Å². The molecule has 1 unspecified atom stereocenters. The zero-order chi connectivity index (χ0) is 11.5. The molecule has 0 amide bonds. The summed E-state index contributed by atoms with van der Waals surface area (Å²) in [6, 6.07) is 7.25. The highest BCUT2D eigenvalue weighted by atomic mass is 79.9. The van der Waals surface area contributed by atoms with Crippen molar-refractivity contribution < 1.29 is 0 Å². The Morgan fingerprint density at radius 1 is 1.50 bits per heavy atom. The average molecular weight is 283 g/mol. The standard InChI is InChI=1S/C13H19BrN2/c1-10-3-4-11(13(14)7-10)8-12-9-15-5-6-16(12)2/h3-4,7,12,15H,5-6,8-9H2,1-2H3. The third-order valence-corrected chi connectivity index (χ3v) is 4.05. The molecule has 1 fully saturated rings. The Labute approximate surface area is 106 Å². The number of aryl methyl sites for hydroxylation is 1. The molecule has 2 nitrogen and oxygen atoms in total. The van der Waals surface area contributed by atoms with Gasteiger partial charge in [-0.1, -0.05) is 28.1 Å². The molecule has 1 aliphatic heterocycles. The molecule has 88 valence electrons. The molecule has 0 aliphatic carbocycles. The number of benzene rings is 1. The Kier molecular flexibility index (Phi) is 4.00. The highest BCUT2D eigenvalue weighted by molar-refractivity contribution is 9.10. The number of nitrogens with one attached hydrogen (secondary N) is 1. The topological polar surface area (TPSA) is 15.3 Å². The summed E-state index contributed by atoms with van der Waals surface area (Å²) in [7, 11) is 2.22. The van der Waals surface area contributed by atoms with Crippen LogP contribution in [0.3, 0.4) is 0 Å². The van der Waals surface area contributed by atoms with E-state index >= 15 is 0 Å². The van der Waals surface area contributed by atoms with Gasteiger partial charge in [-0.25, -0.2) is 0 Å². The van der Waals surface area contributed by atoms with Gasteiger partial charge in [0, 0.05) is 30.1 Å². The number of hydrogen-bond acceptors (Lipinski definition) is 2. The van der Waals surface area contributed by atoms with Crippen LogP contribution in [-0.4, -0.2) is 37.6 Å². The fourth-order valence-electron chi connectivity index (χ4n) is 2.16. The first-order valence-corrected chi connectivity index (χ1v) is 6.62. The summed E-state index contributed by atoms with van der Waals surface area (Å²) in [5.74, 6) is 0. The van der Waals surface area contributed by atoms with Crippen molar-refractivity contribution in [3.8, 4) is 0 Å². The van der Waals surface area contributed by atoms with E-state index in [2.05, 4.69) is 58.3 Å². The van der Waals surface area contributed by atoms with Crippen molar-refractivity contribution in [2.45, 2.75) is 19.4 Å². The van der Waals surface area contributed by atoms with Gasteiger partial charge in [-0.05, 0) is 37.6 Å². The highest BCUT2D eigenvalue weighted by Gasteiger charge is 2.19. The predicted molar refractivity (Wildman–Crippen MR) is 71.9 cm³/mol. The minimum atomic E-state index is 0.618. The molecule has 0 radical (unpaired) electrons. The van der Waals surface area contributed by atoms with E-state index in [9.17, 15) is 0 Å². The number of rotatable bonds is 2. The first-order valence-electron chi connectivity index (χ1n) is 5.83. The maximum absolute atomic E-state index is 3.65. The Morgan fingerprint density at radius 2 is 2.31 bits per heavy atom. The molecule has 1 aromatic rings. The van der Waals surface area contributed by atoms with Gasteiger partial charge in [-0.2, -0.15) is 0 Å². The quantitative estimate of drug-likeness (QED) is 0.895. The van der Waals surface area contributed by atoms with Crippen LogP contribution in [0.15, 0.2) is 22.7 Å². The van der Waals surface area contributed by atoms with E-state index in [4.69, 9.17) is 0 Å². The fourth-order valence-corrected chi connectivity index (χ4v) is 2.82. The molecule has 1 atom stereocenters. The third-order valence-electron chi connectivity index (χ3n) is 3.31. The lowest BCUT2D eigenvalue weighted by atomic mass is 10.0. The van der Waals surface area contributed by atoms with Crippen LogP contribution in [0.1, 0.15) is 11.1 Å². The molecule has 0 aromatic heterocycles. The molecule has 1 saturated heterocycles. The van der Waals surface area contributed by atoms with Crippen LogP contribution in [0.25, 0.3) is 0 Å². The Balaban J connectivity index is 2.07. The molecule has 3 heteroatoms. The Hall–Kier alpha value is -0.380. The van der Waals surface area contributed by atoms with Crippen LogP contribution >= 0.6 is 15.9 Å². The van der Waals surface area contributed by atoms with Crippen LogP contribution in [0.4, 0.5) is 0 Å². The SMILES string of the molecule is Cc1ccc(CC2CNCCN2C)c(Br)c1. The maximum atomic E-state index is 3.65.